The number of nitrogens with two attached hydrogens (primary N) is 1. The molecule has 1 saturated carbocycles. The molecule has 1 aromatic carbocycles. The molecule has 0 bridgehead atoms. The summed E-state index contributed by atoms with van der Waals surface area (Å²) in [5.41, 5.74) is 7.55. The summed E-state index contributed by atoms with van der Waals surface area (Å²) < 4.78 is 10.8. The summed E-state index contributed by atoms with van der Waals surface area (Å²) in [5, 5.41) is 0. The lowest BCUT2D eigenvalue weighted by atomic mass is 9.67. The number of methoxy groups -OCH3 is 2. The molecule has 3 nitrogen and oxygen atoms in total. The van der Waals surface area contributed by atoms with E-state index in [-0.39, 0.29) is 5.54 Å². The van der Waals surface area contributed by atoms with E-state index in [0.717, 1.165) is 29.4 Å². The lowest BCUT2D eigenvalue weighted by Gasteiger charge is -2.43. The zero-order valence-electron chi connectivity index (χ0n) is 12.4. The van der Waals surface area contributed by atoms with Crippen molar-refractivity contribution in [1.29, 1.82) is 0 Å². The molecule has 3 atom stereocenters. The summed E-state index contributed by atoms with van der Waals surface area (Å²) in [6, 6.07) is 5.95. The highest BCUT2D eigenvalue weighted by Gasteiger charge is 2.40. The fraction of sp³-hybridized carbons (Fsp3) is 0.625. The van der Waals surface area contributed by atoms with E-state index in [4.69, 9.17) is 15.2 Å². The van der Waals surface area contributed by atoms with E-state index >= 15 is 0 Å². The van der Waals surface area contributed by atoms with Crippen LogP contribution >= 0.6 is 0 Å². The largest absolute Gasteiger partial charge is 0.497 e. The molecular weight excluding hydrogens is 238 g/mol. The van der Waals surface area contributed by atoms with Gasteiger partial charge in [0.1, 0.15) is 11.5 Å². The van der Waals surface area contributed by atoms with Crippen molar-refractivity contribution in [3.8, 4) is 11.5 Å². The second-order valence-corrected chi connectivity index (χ2v) is 5.89. The molecule has 0 saturated heterocycles. The van der Waals surface area contributed by atoms with Gasteiger partial charge in [-0.1, -0.05) is 13.8 Å². The van der Waals surface area contributed by atoms with Crippen LogP contribution in [0.3, 0.4) is 0 Å². The third-order valence-electron chi connectivity index (χ3n) is 4.60. The predicted molar refractivity (Wildman–Crippen MR) is 77.6 cm³/mol. The van der Waals surface area contributed by atoms with Crippen LogP contribution in [-0.2, 0) is 5.54 Å². The van der Waals surface area contributed by atoms with Crippen molar-refractivity contribution in [2.45, 2.75) is 38.6 Å². The molecule has 1 aliphatic carbocycles. The van der Waals surface area contributed by atoms with Gasteiger partial charge < -0.3 is 15.2 Å². The third kappa shape index (κ3) is 2.57. The van der Waals surface area contributed by atoms with Gasteiger partial charge in [-0.15, -0.1) is 0 Å². The third-order valence-corrected chi connectivity index (χ3v) is 4.60. The maximum absolute atomic E-state index is 6.73. The molecule has 2 rings (SSSR count). The first-order valence-corrected chi connectivity index (χ1v) is 7.02. The van der Waals surface area contributed by atoms with Gasteiger partial charge in [-0.3, -0.25) is 0 Å². The van der Waals surface area contributed by atoms with Gasteiger partial charge in [-0.25, -0.2) is 0 Å². The molecule has 2 N–H and O–H groups in total. The van der Waals surface area contributed by atoms with Crippen LogP contribution in [0.5, 0.6) is 11.5 Å². The Morgan fingerprint density at radius 1 is 1.21 bits per heavy atom. The lowest BCUT2D eigenvalue weighted by molar-refractivity contribution is 0.160. The number of rotatable bonds is 3. The predicted octanol–water partition coefficient (Wildman–Crippen LogP) is 3.31. The van der Waals surface area contributed by atoms with Crippen molar-refractivity contribution >= 4 is 0 Å². The minimum atomic E-state index is -0.288. The van der Waals surface area contributed by atoms with Crippen molar-refractivity contribution < 1.29 is 9.47 Å². The first kappa shape index (κ1) is 14.2. The highest BCUT2D eigenvalue weighted by atomic mass is 16.5. The molecule has 0 heterocycles. The fourth-order valence-corrected chi connectivity index (χ4v) is 3.25. The molecule has 0 aromatic heterocycles. The summed E-state index contributed by atoms with van der Waals surface area (Å²) >= 11 is 0. The van der Waals surface area contributed by atoms with Gasteiger partial charge in [-0.05, 0) is 43.2 Å². The van der Waals surface area contributed by atoms with Crippen LogP contribution < -0.4 is 15.2 Å². The molecule has 3 heteroatoms. The Hall–Kier alpha value is -1.22. The van der Waals surface area contributed by atoms with Gasteiger partial charge in [0, 0.05) is 17.2 Å². The molecule has 0 amide bonds. The van der Waals surface area contributed by atoms with Crippen LogP contribution in [0, 0.1) is 11.8 Å². The second kappa shape index (κ2) is 5.41. The Kier molecular flexibility index (Phi) is 4.04. The van der Waals surface area contributed by atoms with Crippen molar-refractivity contribution in [3.05, 3.63) is 23.8 Å². The number of hydrogen-bond acceptors (Lipinski definition) is 3. The van der Waals surface area contributed by atoms with Gasteiger partial charge in [0.05, 0.1) is 14.2 Å². The highest BCUT2D eigenvalue weighted by Crippen LogP contribution is 2.45. The Balaban J connectivity index is 2.39. The zero-order chi connectivity index (χ0) is 14.0. The monoisotopic (exact) mass is 263 g/mol. The van der Waals surface area contributed by atoms with E-state index in [1.54, 1.807) is 14.2 Å². The van der Waals surface area contributed by atoms with Gasteiger partial charge in [0.2, 0.25) is 0 Å². The van der Waals surface area contributed by atoms with Crippen LogP contribution in [-0.4, -0.2) is 14.2 Å². The SMILES string of the molecule is COc1ccc(C2(N)CCC(C)CC2C)c(OC)c1. The Labute approximate surface area is 116 Å². The minimum absolute atomic E-state index is 0.288. The molecule has 19 heavy (non-hydrogen) atoms. The van der Waals surface area contributed by atoms with Gasteiger partial charge >= 0.3 is 0 Å². The molecule has 0 spiro atoms. The van der Waals surface area contributed by atoms with Crippen LogP contribution in [0.4, 0.5) is 0 Å². The smallest absolute Gasteiger partial charge is 0.127 e. The maximum Gasteiger partial charge on any atom is 0.127 e. The van der Waals surface area contributed by atoms with E-state index in [2.05, 4.69) is 19.9 Å². The second-order valence-electron chi connectivity index (χ2n) is 5.89. The summed E-state index contributed by atoms with van der Waals surface area (Å²) in [6.07, 6.45) is 3.36. The molecule has 1 aliphatic rings. The van der Waals surface area contributed by atoms with Crippen LogP contribution in [0.15, 0.2) is 18.2 Å². The normalized spacial score (nSPS) is 31.0. The van der Waals surface area contributed by atoms with Crippen molar-refractivity contribution in [2.75, 3.05) is 14.2 Å². The quantitative estimate of drug-likeness (QED) is 0.910. The first-order valence-electron chi connectivity index (χ1n) is 7.02. The number of benzene rings is 1. The Morgan fingerprint density at radius 3 is 2.53 bits per heavy atom. The van der Waals surface area contributed by atoms with Crippen molar-refractivity contribution in [2.24, 2.45) is 17.6 Å². The molecular formula is C16H25NO2. The zero-order valence-corrected chi connectivity index (χ0v) is 12.4. The van der Waals surface area contributed by atoms with Crippen molar-refractivity contribution in [3.63, 3.8) is 0 Å². The molecule has 0 aliphatic heterocycles. The minimum Gasteiger partial charge on any atom is -0.497 e. The maximum atomic E-state index is 6.73. The fourth-order valence-electron chi connectivity index (χ4n) is 3.25. The molecule has 106 valence electrons. The average molecular weight is 263 g/mol. The van der Waals surface area contributed by atoms with Gasteiger partial charge in [0.15, 0.2) is 0 Å². The molecule has 1 fully saturated rings. The van der Waals surface area contributed by atoms with Gasteiger partial charge in [-0.2, -0.15) is 0 Å². The van der Waals surface area contributed by atoms with E-state index in [0.29, 0.717) is 5.92 Å². The number of hydrogen-bond donors (Lipinski definition) is 1. The standard InChI is InChI=1S/C16H25NO2/c1-11-7-8-16(17,12(2)9-11)14-6-5-13(18-3)10-15(14)19-4/h5-6,10-12H,7-9,17H2,1-4H3. The topological polar surface area (TPSA) is 44.5 Å². The average Bonchev–Trinajstić information content (AvgIpc) is 2.42. The summed E-state index contributed by atoms with van der Waals surface area (Å²) in [4.78, 5) is 0. The Morgan fingerprint density at radius 2 is 1.95 bits per heavy atom. The van der Waals surface area contributed by atoms with E-state index in [1.165, 1.54) is 12.8 Å². The summed E-state index contributed by atoms with van der Waals surface area (Å²) in [5.74, 6) is 2.86. The summed E-state index contributed by atoms with van der Waals surface area (Å²) in [6.45, 7) is 4.56. The van der Waals surface area contributed by atoms with E-state index in [1.807, 2.05) is 12.1 Å². The van der Waals surface area contributed by atoms with Crippen LogP contribution in [0.25, 0.3) is 0 Å². The van der Waals surface area contributed by atoms with E-state index in [9.17, 15) is 0 Å². The lowest BCUT2D eigenvalue weighted by Crippen LogP contribution is -2.46. The van der Waals surface area contributed by atoms with Crippen LogP contribution in [0.1, 0.15) is 38.7 Å². The molecule has 1 aromatic rings. The van der Waals surface area contributed by atoms with Crippen LogP contribution in [0.2, 0.25) is 0 Å². The number of ether oxygens (including phenoxy) is 2. The first-order chi connectivity index (χ1) is 9.01. The van der Waals surface area contributed by atoms with Crippen molar-refractivity contribution in [1.82, 2.24) is 0 Å². The highest BCUT2D eigenvalue weighted by molar-refractivity contribution is 5.45. The molecule has 3 unspecified atom stereocenters. The summed E-state index contributed by atoms with van der Waals surface area (Å²) in [7, 11) is 3.36. The van der Waals surface area contributed by atoms with E-state index < -0.39 is 0 Å². The van der Waals surface area contributed by atoms with Gasteiger partial charge in [0.25, 0.3) is 0 Å². The Bertz CT molecular complexity index is 446. The molecule has 0 radical (unpaired) electrons.